The number of ether oxygens (including phenoxy) is 1. The van der Waals surface area contributed by atoms with Crippen molar-refractivity contribution < 1.29 is 9.53 Å². The highest BCUT2D eigenvalue weighted by Crippen LogP contribution is 2.41. The van der Waals surface area contributed by atoms with Gasteiger partial charge in [-0.1, -0.05) is 37.2 Å². The topological polar surface area (TPSA) is 55.6 Å². The summed E-state index contributed by atoms with van der Waals surface area (Å²) in [7, 11) is 3.34. The maximum absolute atomic E-state index is 12.9. The molecule has 0 radical (unpaired) electrons. The van der Waals surface area contributed by atoms with Crippen LogP contribution in [0.15, 0.2) is 24.3 Å². The Morgan fingerprint density at radius 3 is 2.50 bits per heavy atom. The second-order valence-electron chi connectivity index (χ2n) is 5.19. The minimum atomic E-state index is -0.690. The molecule has 0 bridgehead atoms. The molecule has 1 aliphatic rings. The molecule has 0 aliphatic heterocycles. The molecule has 0 spiro atoms. The molecular formula is C15H20N2O2S. The molecule has 4 nitrogen and oxygen atoms in total. The number of hydrogen-bond acceptors (Lipinski definition) is 3. The fourth-order valence-electron chi connectivity index (χ4n) is 2.88. The summed E-state index contributed by atoms with van der Waals surface area (Å²) in [5, 5.41) is 0. The molecule has 0 atom stereocenters. The van der Waals surface area contributed by atoms with Crippen molar-refractivity contribution in [1.82, 2.24) is 0 Å². The average Bonchev–Trinajstić information content (AvgIpc) is 2.96. The van der Waals surface area contributed by atoms with Crippen molar-refractivity contribution in [1.29, 1.82) is 0 Å². The van der Waals surface area contributed by atoms with Gasteiger partial charge < -0.3 is 15.4 Å². The number of carbonyl (C=O) groups is 1. The van der Waals surface area contributed by atoms with Gasteiger partial charge in [0.2, 0.25) is 5.91 Å². The number of amides is 1. The first-order chi connectivity index (χ1) is 9.53. The zero-order valence-electron chi connectivity index (χ0n) is 11.9. The van der Waals surface area contributed by atoms with Crippen LogP contribution in [0.4, 0.5) is 5.69 Å². The van der Waals surface area contributed by atoms with E-state index in [1.807, 2.05) is 24.3 Å². The number of nitrogens with two attached hydrogens (primary N) is 1. The number of nitrogens with zero attached hydrogens (tertiary/aromatic N) is 1. The smallest absolute Gasteiger partial charge is 0.239 e. The summed E-state index contributed by atoms with van der Waals surface area (Å²) in [6.45, 7) is 0. The standard InChI is InChI=1S/C15H20N2O2S/c1-17(11-7-3-4-8-12(11)19-2)14(18)15(13(16)20)9-5-6-10-15/h3-4,7-8H,5-6,9-10H2,1-2H3,(H2,16,20). The zero-order valence-corrected chi connectivity index (χ0v) is 12.7. The number of hydrogen-bond donors (Lipinski definition) is 1. The second kappa shape index (κ2) is 5.79. The van der Waals surface area contributed by atoms with E-state index in [2.05, 4.69) is 0 Å². The van der Waals surface area contributed by atoms with Gasteiger partial charge in [0, 0.05) is 7.05 Å². The molecule has 0 aromatic heterocycles. The quantitative estimate of drug-likeness (QED) is 0.866. The summed E-state index contributed by atoms with van der Waals surface area (Å²) in [5.74, 6) is 0.631. The molecule has 0 unspecified atom stereocenters. The molecule has 1 aromatic carbocycles. The van der Waals surface area contributed by atoms with Crippen molar-refractivity contribution in [3.8, 4) is 5.75 Å². The summed E-state index contributed by atoms with van der Waals surface area (Å²) < 4.78 is 5.31. The number of rotatable bonds is 4. The summed E-state index contributed by atoms with van der Waals surface area (Å²) >= 11 is 5.17. The normalized spacial score (nSPS) is 16.7. The largest absolute Gasteiger partial charge is 0.495 e. The number of thiocarbonyl (C=S) groups is 1. The van der Waals surface area contributed by atoms with Crippen LogP contribution < -0.4 is 15.4 Å². The molecule has 1 amide bonds. The summed E-state index contributed by atoms with van der Waals surface area (Å²) in [6.07, 6.45) is 3.45. The Bertz CT molecular complexity index is 524. The van der Waals surface area contributed by atoms with Crippen molar-refractivity contribution in [2.24, 2.45) is 11.1 Å². The predicted octanol–water partition coefficient (Wildman–Crippen LogP) is 2.50. The van der Waals surface area contributed by atoms with Crippen molar-refractivity contribution in [2.75, 3.05) is 19.1 Å². The van der Waals surface area contributed by atoms with E-state index in [1.54, 1.807) is 19.1 Å². The highest BCUT2D eigenvalue weighted by Gasteiger charge is 2.46. The molecular weight excluding hydrogens is 272 g/mol. The Morgan fingerprint density at radius 1 is 1.35 bits per heavy atom. The minimum Gasteiger partial charge on any atom is -0.495 e. The van der Waals surface area contributed by atoms with Crippen LogP contribution in [0, 0.1) is 5.41 Å². The molecule has 2 N–H and O–H groups in total. The van der Waals surface area contributed by atoms with Gasteiger partial charge in [0.1, 0.15) is 5.75 Å². The first-order valence-electron chi connectivity index (χ1n) is 6.74. The zero-order chi connectivity index (χ0) is 14.8. The minimum absolute atomic E-state index is 0.0352. The Labute approximate surface area is 124 Å². The molecule has 20 heavy (non-hydrogen) atoms. The van der Waals surface area contributed by atoms with Crippen LogP contribution in [-0.4, -0.2) is 25.1 Å². The third-order valence-electron chi connectivity index (χ3n) is 4.09. The number of para-hydroxylation sites is 2. The van der Waals surface area contributed by atoms with E-state index < -0.39 is 5.41 Å². The summed E-state index contributed by atoms with van der Waals surface area (Å²) in [4.78, 5) is 14.8. The Morgan fingerprint density at radius 2 is 1.95 bits per heavy atom. The van der Waals surface area contributed by atoms with Gasteiger partial charge >= 0.3 is 0 Å². The lowest BCUT2D eigenvalue weighted by molar-refractivity contribution is -0.124. The molecule has 2 rings (SSSR count). The maximum atomic E-state index is 12.9. The molecule has 5 heteroatoms. The SMILES string of the molecule is COc1ccccc1N(C)C(=O)C1(C(N)=S)CCCC1. The molecule has 1 saturated carbocycles. The highest BCUT2D eigenvalue weighted by atomic mass is 32.1. The fraction of sp³-hybridized carbons (Fsp3) is 0.467. The third-order valence-corrected chi connectivity index (χ3v) is 4.48. The number of anilines is 1. The van der Waals surface area contributed by atoms with Crippen LogP contribution in [0.2, 0.25) is 0 Å². The lowest BCUT2D eigenvalue weighted by Crippen LogP contribution is -2.48. The van der Waals surface area contributed by atoms with Crippen LogP contribution in [0.25, 0.3) is 0 Å². The van der Waals surface area contributed by atoms with E-state index in [4.69, 9.17) is 22.7 Å². The van der Waals surface area contributed by atoms with E-state index >= 15 is 0 Å². The van der Waals surface area contributed by atoms with Crippen LogP contribution in [0.3, 0.4) is 0 Å². The number of methoxy groups -OCH3 is 1. The van der Waals surface area contributed by atoms with Gasteiger partial charge in [0.25, 0.3) is 0 Å². The van der Waals surface area contributed by atoms with Crippen LogP contribution in [0.1, 0.15) is 25.7 Å². The van der Waals surface area contributed by atoms with Gasteiger partial charge in [0.15, 0.2) is 0 Å². The van der Waals surface area contributed by atoms with Crippen LogP contribution in [0.5, 0.6) is 5.75 Å². The van der Waals surface area contributed by atoms with Crippen molar-refractivity contribution in [3.63, 3.8) is 0 Å². The highest BCUT2D eigenvalue weighted by molar-refractivity contribution is 7.80. The Hall–Kier alpha value is -1.62. The van der Waals surface area contributed by atoms with Gasteiger partial charge in [-0.15, -0.1) is 0 Å². The van der Waals surface area contributed by atoms with E-state index in [0.717, 1.165) is 31.4 Å². The monoisotopic (exact) mass is 292 g/mol. The van der Waals surface area contributed by atoms with Gasteiger partial charge in [-0.05, 0) is 25.0 Å². The molecule has 108 valence electrons. The molecule has 0 saturated heterocycles. The van der Waals surface area contributed by atoms with Crippen molar-refractivity contribution in [3.05, 3.63) is 24.3 Å². The summed E-state index contributed by atoms with van der Waals surface area (Å²) in [5.41, 5.74) is 5.92. The van der Waals surface area contributed by atoms with E-state index in [9.17, 15) is 4.79 Å². The van der Waals surface area contributed by atoms with Crippen molar-refractivity contribution in [2.45, 2.75) is 25.7 Å². The first-order valence-corrected chi connectivity index (χ1v) is 7.15. The average molecular weight is 292 g/mol. The van der Waals surface area contributed by atoms with E-state index in [0.29, 0.717) is 10.7 Å². The lowest BCUT2D eigenvalue weighted by Gasteiger charge is -2.32. The number of carbonyl (C=O) groups excluding carboxylic acids is 1. The predicted molar refractivity (Wildman–Crippen MR) is 84.1 cm³/mol. The van der Waals surface area contributed by atoms with Crippen LogP contribution in [-0.2, 0) is 4.79 Å². The van der Waals surface area contributed by atoms with Gasteiger partial charge in [0.05, 0.1) is 23.2 Å². The van der Waals surface area contributed by atoms with Gasteiger partial charge in [-0.2, -0.15) is 0 Å². The van der Waals surface area contributed by atoms with Crippen LogP contribution >= 0.6 is 12.2 Å². The lowest BCUT2D eigenvalue weighted by atomic mass is 9.84. The summed E-state index contributed by atoms with van der Waals surface area (Å²) in [6, 6.07) is 7.45. The second-order valence-corrected chi connectivity index (χ2v) is 5.63. The van der Waals surface area contributed by atoms with E-state index in [-0.39, 0.29) is 5.91 Å². The van der Waals surface area contributed by atoms with Crippen molar-refractivity contribution >= 4 is 28.8 Å². The molecule has 1 aliphatic carbocycles. The number of benzene rings is 1. The fourth-order valence-corrected chi connectivity index (χ4v) is 3.17. The van der Waals surface area contributed by atoms with Gasteiger partial charge in [-0.25, -0.2) is 0 Å². The third kappa shape index (κ3) is 2.38. The Balaban J connectivity index is 2.34. The van der Waals surface area contributed by atoms with E-state index in [1.165, 1.54) is 0 Å². The maximum Gasteiger partial charge on any atom is 0.239 e. The van der Waals surface area contributed by atoms with Gasteiger partial charge in [-0.3, -0.25) is 4.79 Å². The Kier molecular flexibility index (Phi) is 4.28. The molecule has 0 heterocycles. The first kappa shape index (κ1) is 14.8. The molecule has 1 fully saturated rings. The molecule has 1 aromatic rings.